The summed E-state index contributed by atoms with van der Waals surface area (Å²) in [5, 5.41) is 3.91. The third-order valence-electron chi connectivity index (χ3n) is 4.56. The number of morpholine rings is 1. The highest BCUT2D eigenvalue weighted by Crippen LogP contribution is 2.23. The van der Waals surface area contributed by atoms with Gasteiger partial charge in [0.1, 0.15) is 12.1 Å². The van der Waals surface area contributed by atoms with Crippen LogP contribution in [0.4, 0.5) is 4.39 Å². The molecule has 8 nitrogen and oxygen atoms in total. The van der Waals surface area contributed by atoms with E-state index in [1.54, 1.807) is 30.0 Å². The summed E-state index contributed by atoms with van der Waals surface area (Å²) in [4.78, 5) is 26.7. The molecule has 1 atom stereocenters. The highest BCUT2D eigenvalue weighted by atomic mass is 19.1. The normalized spacial score (nSPS) is 16.9. The van der Waals surface area contributed by atoms with Crippen molar-refractivity contribution in [3.05, 3.63) is 71.1 Å². The number of ether oxygens (including phenoxy) is 1. The predicted molar refractivity (Wildman–Crippen MR) is 94.9 cm³/mol. The van der Waals surface area contributed by atoms with Gasteiger partial charge in [-0.25, -0.2) is 14.4 Å². The predicted octanol–water partition coefficient (Wildman–Crippen LogP) is 2.11. The van der Waals surface area contributed by atoms with Gasteiger partial charge in [0.05, 0.1) is 24.4 Å². The van der Waals surface area contributed by atoms with Crippen molar-refractivity contribution >= 4 is 5.91 Å². The summed E-state index contributed by atoms with van der Waals surface area (Å²) in [6.07, 6.45) is 2.59. The smallest absolute Gasteiger partial charge is 0.257 e. The van der Waals surface area contributed by atoms with E-state index in [-0.39, 0.29) is 30.6 Å². The van der Waals surface area contributed by atoms with Gasteiger partial charge in [0.2, 0.25) is 0 Å². The Labute approximate surface area is 160 Å². The Kier molecular flexibility index (Phi) is 5.07. The molecule has 28 heavy (non-hydrogen) atoms. The van der Waals surface area contributed by atoms with Gasteiger partial charge in [0.25, 0.3) is 11.8 Å². The summed E-state index contributed by atoms with van der Waals surface area (Å²) in [5.41, 5.74) is 1.55. The quantitative estimate of drug-likeness (QED) is 0.681. The summed E-state index contributed by atoms with van der Waals surface area (Å²) < 4.78 is 24.8. The van der Waals surface area contributed by atoms with Gasteiger partial charge >= 0.3 is 0 Å². The van der Waals surface area contributed by atoms with Crippen molar-refractivity contribution in [1.29, 1.82) is 0 Å². The molecule has 0 spiro atoms. The van der Waals surface area contributed by atoms with Crippen LogP contribution in [0.25, 0.3) is 0 Å². The van der Waals surface area contributed by atoms with Crippen molar-refractivity contribution in [1.82, 2.24) is 25.0 Å². The summed E-state index contributed by atoms with van der Waals surface area (Å²) in [6, 6.07) is 6.44. The van der Waals surface area contributed by atoms with E-state index in [9.17, 15) is 9.18 Å². The molecule has 1 aliphatic rings. The van der Waals surface area contributed by atoms with Crippen LogP contribution < -0.4 is 0 Å². The number of hydrogen-bond donors (Lipinski definition) is 0. The number of carbonyl (C=O) groups is 1. The monoisotopic (exact) mass is 383 g/mol. The molecule has 0 aliphatic carbocycles. The molecular weight excluding hydrogens is 365 g/mol. The van der Waals surface area contributed by atoms with Crippen LogP contribution in [0, 0.1) is 12.7 Å². The van der Waals surface area contributed by atoms with E-state index in [0.29, 0.717) is 35.8 Å². The van der Waals surface area contributed by atoms with Crippen LogP contribution in [0.5, 0.6) is 0 Å². The van der Waals surface area contributed by atoms with Gasteiger partial charge in [-0.2, -0.15) is 4.98 Å². The average Bonchev–Trinajstić information content (AvgIpc) is 3.18. The topological polar surface area (TPSA) is 94.2 Å². The van der Waals surface area contributed by atoms with Crippen LogP contribution in [-0.4, -0.2) is 50.6 Å². The Balaban J connectivity index is 1.47. The molecule has 0 radical (unpaired) electrons. The zero-order chi connectivity index (χ0) is 19.5. The fourth-order valence-electron chi connectivity index (χ4n) is 3.04. The van der Waals surface area contributed by atoms with Gasteiger partial charge in [-0.3, -0.25) is 4.79 Å². The first kappa shape index (κ1) is 18.2. The fourth-order valence-corrected chi connectivity index (χ4v) is 3.04. The van der Waals surface area contributed by atoms with Gasteiger partial charge in [0, 0.05) is 19.2 Å². The van der Waals surface area contributed by atoms with Gasteiger partial charge in [0.15, 0.2) is 11.9 Å². The largest absolute Gasteiger partial charge is 0.365 e. The Morgan fingerprint density at radius 1 is 1.36 bits per heavy atom. The second kappa shape index (κ2) is 7.81. The Bertz CT molecular complexity index is 993. The van der Waals surface area contributed by atoms with Gasteiger partial charge in [-0.15, -0.1) is 0 Å². The van der Waals surface area contributed by atoms with Crippen LogP contribution in [-0.2, 0) is 11.2 Å². The van der Waals surface area contributed by atoms with E-state index in [4.69, 9.17) is 9.26 Å². The number of amides is 1. The Morgan fingerprint density at radius 3 is 3.04 bits per heavy atom. The van der Waals surface area contributed by atoms with E-state index in [1.165, 1.54) is 18.6 Å². The van der Waals surface area contributed by atoms with Crippen molar-refractivity contribution < 1.29 is 18.4 Å². The molecule has 0 bridgehead atoms. The molecule has 2 aromatic heterocycles. The highest BCUT2D eigenvalue weighted by molar-refractivity contribution is 5.94. The summed E-state index contributed by atoms with van der Waals surface area (Å²) in [6.45, 7) is 2.82. The first-order valence-corrected chi connectivity index (χ1v) is 8.85. The van der Waals surface area contributed by atoms with E-state index in [0.717, 1.165) is 0 Å². The highest BCUT2D eigenvalue weighted by Gasteiger charge is 2.30. The van der Waals surface area contributed by atoms with Crippen LogP contribution in [0.2, 0.25) is 0 Å². The van der Waals surface area contributed by atoms with E-state index in [2.05, 4.69) is 20.1 Å². The van der Waals surface area contributed by atoms with E-state index < -0.39 is 6.10 Å². The standard InChI is InChI=1S/C19H18FN5O3/c1-12-14(9-21-11-22-12)19(26)25-6-7-27-16(10-25)18-23-17(24-28-18)8-13-4-2-3-5-15(13)20/h2-5,9,11,16H,6-8,10H2,1H3/t16-/m0/s1. The molecule has 1 amide bonds. The number of rotatable bonds is 4. The van der Waals surface area contributed by atoms with Crippen molar-refractivity contribution in [2.45, 2.75) is 19.4 Å². The first-order chi connectivity index (χ1) is 13.6. The second-order valence-corrected chi connectivity index (χ2v) is 6.45. The number of aryl methyl sites for hydroxylation is 1. The lowest BCUT2D eigenvalue weighted by atomic mass is 10.1. The number of nitrogens with zero attached hydrogens (tertiary/aromatic N) is 5. The van der Waals surface area contributed by atoms with Crippen LogP contribution in [0.15, 0.2) is 41.3 Å². The van der Waals surface area contributed by atoms with Crippen molar-refractivity contribution in [3.8, 4) is 0 Å². The number of halogens is 1. The summed E-state index contributed by atoms with van der Waals surface area (Å²) >= 11 is 0. The number of carbonyl (C=O) groups excluding carboxylic acids is 1. The molecular formula is C19H18FN5O3. The molecule has 9 heteroatoms. The summed E-state index contributed by atoms with van der Waals surface area (Å²) in [5.74, 6) is 0.141. The number of hydrogen-bond acceptors (Lipinski definition) is 7. The molecule has 144 valence electrons. The maximum Gasteiger partial charge on any atom is 0.257 e. The minimum atomic E-state index is -0.537. The molecule has 1 saturated heterocycles. The molecule has 0 saturated carbocycles. The molecule has 3 aromatic rings. The molecule has 0 unspecified atom stereocenters. The molecule has 4 rings (SSSR count). The zero-order valence-corrected chi connectivity index (χ0v) is 15.2. The maximum atomic E-state index is 13.8. The minimum absolute atomic E-state index is 0.169. The average molecular weight is 383 g/mol. The maximum absolute atomic E-state index is 13.8. The van der Waals surface area contributed by atoms with Gasteiger partial charge < -0.3 is 14.2 Å². The van der Waals surface area contributed by atoms with Crippen LogP contribution in [0.3, 0.4) is 0 Å². The second-order valence-electron chi connectivity index (χ2n) is 6.45. The van der Waals surface area contributed by atoms with Crippen LogP contribution >= 0.6 is 0 Å². The lowest BCUT2D eigenvalue weighted by Gasteiger charge is -2.31. The molecule has 0 N–H and O–H groups in total. The Morgan fingerprint density at radius 2 is 2.21 bits per heavy atom. The molecule has 3 heterocycles. The zero-order valence-electron chi connectivity index (χ0n) is 15.2. The third-order valence-corrected chi connectivity index (χ3v) is 4.56. The van der Waals surface area contributed by atoms with Crippen molar-refractivity contribution in [2.24, 2.45) is 0 Å². The molecule has 1 aliphatic heterocycles. The summed E-state index contributed by atoms with van der Waals surface area (Å²) in [7, 11) is 0. The lowest BCUT2D eigenvalue weighted by molar-refractivity contribution is -0.0367. The Hall–Kier alpha value is -3.20. The van der Waals surface area contributed by atoms with Gasteiger partial charge in [-0.1, -0.05) is 23.4 Å². The third kappa shape index (κ3) is 3.74. The SMILES string of the molecule is Cc1ncncc1C(=O)N1CCO[C@H](c2nc(Cc3ccccc3F)no2)C1. The lowest BCUT2D eigenvalue weighted by Crippen LogP contribution is -2.42. The van der Waals surface area contributed by atoms with Crippen molar-refractivity contribution in [3.63, 3.8) is 0 Å². The van der Waals surface area contributed by atoms with E-state index >= 15 is 0 Å². The fraction of sp³-hybridized carbons (Fsp3) is 0.316. The van der Waals surface area contributed by atoms with Crippen molar-refractivity contribution in [2.75, 3.05) is 19.7 Å². The number of aromatic nitrogens is 4. The van der Waals surface area contributed by atoms with Gasteiger partial charge in [-0.05, 0) is 18.6 Å². The van der Waals surface area contributed by atoms with Crippen LogP contribution in [0.1, 0.15) is 39.4 Å². The number of benzene rings is 1. The minimum Gasteiger partial charge on any atom is -0.365 e. The molecule has 1 aromatic carbocycles. The first-order valence-electron chi connectivity index (χ1n) is 8.85. The molecule has 1 fully saturated rings. The van der Waals surface area contributed by atoms with E-state index in [1.807, 2.05) is 0 Å².